The van der Waals surface area contributed by atoms with Gasteiger partial charge in [0.25, 0.3) is 0 Å². The first-order chi connectivity index (χ1) is 8.28. The fourth-order valence-corrected chi connectivity index (χ4v) is 3.52. The molecule has 0 aromatic rings. The van der Waals surface area contributed by atoms with Gasteiger partial charge in [-0.1, -0.05) is 32.1 Å². The van der Waals surface area contributed by atoms with Gasteiger partial charge in [0.2, 0.25) is 0 Å². The molecular formula is C15H22N2. The average Bonchev–Trinajstić information content (AvgIpc) is 2.41. The lowest BCUT2D eigenvalue weighted by atomic mass is 9.75. The molecule has 2 aliphatic carbocycles. The van der Waals surface area contributed by atoms with Crippen molar-refractivity contribution in [1.82, 2.24) is 0 Å². The standard InChI is InChI=1S/C15H22N2/c1-16-15(17-2)10-8-14(9-11-15)12-13-6-4-3-5-7-13/h13-14H,3-12H2. The zero-order valence-electron chi connectivity index (χ0n) is 10.6. The van der Waals surface area contributed by atoms with Gasteiger partial charge >= 0.3 is 5.66 Å². The molecule has 0 amide bonds. The Balaban J connectivity index is 1.79. The lowest BCUT2D eigenvalue weighted by Gasteiger charge is -2.29. The van der Waals surface area contributed by atoms with Gasteiger partial charge in [0.15, 0.2) is 0 Å². The number of hydrogen-bond donors (Lipinski definition) is 0. The summed E-state index contributed by atoms with van der Waals surface area (Å²) in [5, 5.41) is 0. The molecule has 0 heterocycles. The highest BCUT2D eigenvalue weighted by Crippen LogP contribution is 2.40. The molecule has 0 unspecified atom stereocenters. The van der Waals surface area contributed by atoms with E-state index in [1.807, 2.05) is 0 Å². The van der Waals surface area contributed by atoms with Crippen LogP contribution in [0.3, 0.4) is 0 Å². The molecule has 2 nitrogen and oxygen atoms in total. The summed E-state index contributed by atoms with van der Waals surface area (Å²) in [6.07, 6.45) is 12.3. The Hall–Kier alpha value is -1.02. The van der Waals surface area contributed by atoms with E-state index in [0.717, 1.165) is 37.5 Å². The van der Waals surface area contributed by atoms with E-state index in [2.05, 4.69) is 9.69 Å². The van der Waals surface area contributed by atoms with Crippen LogP contribution in [-0.2, 0) is 0 Å². The molecule has 2 heteroatoms. The van der Waals surface area contributed by atoms with Crippen LogP contribution in [-0.4, -0.2) is 5.66 Å². The lowest BCUT2D eigenvalue weighted by molar-refractivity contribution is 0.224. The van der Waals surface area contributed by atoms with Crippen molar-refractivity contribution in [3.05, 3.63) is 22.8 Å². The maximum Gasteiger partial charge on any atom is 0.482 e. The molecule has 2 fully saturated rings. The highest BCUT2D eigenvalue weighted by molar-refractivity contribution is 5.07. The Labute approximate surface area is 105 Å². The minimum atomic E-state index is -0.678. The van der Waals surface area contributed by atoms with Crippen LogP contribution in [0, 0.1) is 25.0 Å². The quantitative estimate of drug-likeness (QED) is 0.609. The molecule has 0 atom stereocenters. The molecular weight excluding hydrogens is 208 g/mol. The van der Waals surface area contributed by atoms with E-state index < -0.39 is 5.66 Å². The van der Waals surface area contributed by atoms with Gasteiger partial charge in [0.05, 0.1) is 0 Å². The van der Waals surface area contributed by atoms with Crippen LogP contribution in [0.5, 0.6) is 0 Å². The number of rotatable bonds is 2. The summed E-state index contributed by atoms with van der Waals surface area (Å²) in [6.45, 7) is 14.4. The van der Waals surface area contributed by atoms with Crippen molar-refractivity contribution in [3.63, 3.8) is 0 Å². The van der Waals surface area contributed by atoms with Gasteiger partial charge in [-0.2, -0.15) is 0 Å². The summed E-state index contributed by atoms with van der Waals surface area (Å²) in [7, 11) is 0. The van der Waals surface area contributed by atoms with Crippen molar-refractivity contribution >= 4 is 0 Å². The molecule has 2 saturated carbocycles. The van der Waals surface area contributed by atoms with E-state index in [1.165, 1.54) is 38.5 Å². The summed E-state index contributed by atoms with van der Waals surface area (Å²) in [6, 6.07) is 0. The second-order valence-corrected chi connectivity index (χ2v) is 5.89. The van der Waals surface area contributed by atoms with Gasteiger partial charge in [-0.05, 0) is 31.1 Å². The maximum absolute atomic E-state index is 7.18. The van der Waals surface area contributed by atoms with Gasteiger partial charge in [0, 0.05) is 0 Å². The maximum atomic E-state index is 7.18. The molecule has 17 heavy (non-hydrogen) atoms. The Morgan fingerprint density at radius 1 is 0.824 bits per heavy atom. The molecule has 0 bridgehead atoms. The molecule has 0 aromatic heterocycles. The summed E-state index contributed by atoms with van der Waals surface area (Å²) in [4.78, 5) is 7.15. The number of nitrogens with zero attached hydrogens (tertiary/aromatic N) is 2. The highest BCUT2D eigenvalue weighted by Gasteiger charge is 2.47. The van der Waals surface area contributed by atoms with Crippen LogP contribution in [0.4, 0.5) is 0 Å². The second-order valence-electron chi connectivity index (χ2n) is 5.89. The third-order valence-electron chi connectivity index (χ3n) is 4.71. The highest BCUT2D eigenvalue weighted by atomic mass is 15.0. The minimum absolute atomic E-state index is 0.678. The van der Waals surface area contributed by atoms with Gasteiger partial charge in [0.1, 0.15) is 12.8 Å². The third kappa shape index (κ3) is 3.01. The summed E-state index contributed by atoms with van der Waals surface area (Å²) in [5.74, 6) is 1.75. The first kappa shape index (κ1) is 12.4. The van der Waals surface area contributed by atoms with Crippen molar-refractivity contribution in [2.75, 3.05) is 0 Å². The zero-order valence-corrected chi connectivity index (χ0v) is 10.6. The first-order valence-corrected chi connectivity index (χ1v) is 7.05. The molecule has 0 N–H and O–H groups in total. The Morgan fingerprint density at radius 2 is 1.35 bits per heavy atom. The number of hydrogen-bond acceptors (Lipinski definition) is 0. The van der Waals surface area contributed by atoms with Crippen molar-refractivity contribution in [3.8, 4) is 0 Å². The predicted octanol–water partition coefficient (Wildman–Crippen LogP) is 4.68. The van der Waals surface area contributed by atoms with E-state index in [4.69, 9.17) is 13.1 Å². The SMILES string of the molecule is [C-]#[N+]C1([N+]#[C-])CCC(CC2CCCCC2)CC1. The topological polar surface area (TPSA) is 8.72 Å². The van der Waals surface area contributed by atoms with Crippen LogP contribution < -0.4 is 0 Å². The van der Waals surface area contributed by atoms with Crippen LogP contribution in [0.15, 0.2) is 0 Å². The van der Waals surface area contributed by atoms with E-state index in [-0.39, 0.29) is 0 Å². The Kier molecular flexibility index (Phi) is 4.06. The average molecular weight is 230 g/mol. The molecule has 2 rings (SSSR count). The molecule has 2 aliphatic rings. The van der Waals surface area contributed by atoms with Gasteiger partial charge in [-0.25, -0.2) is 22.8 Å². The van der Waals surface area contributed by atoms with E-state index in [9.17, 15) is 0 Å². The van der Waals surface area contributed by atoms with E-state index in [1.54, 1.807) is 0 Å². The van der Waals surface area contributed by atoms with Gasteiger partial charge < -0.3 is 0 Å². The fourth-order valence-electron chi connectivity index (χ4n) is 3.52. The lowest BCUT2D eigenvalue weighted by Crippen LogP contribution is -2.28. The monoisotopic (exact) mass is 230 g/mol. The predicted molar refractivity (Wildman–Crippen MR) is 69.1 cm³/mol. The van der Waals surface area contributed by atoms with Crippen molar-refractivity contribution in [2.45, 2.75) is 69.9 Å². The molecule has 0 aliphatic heterocycles. The van der Waals surface area contributed by atoms with Gasteiger partial charge in [-0.15, -0.1) is 0 Å². The fraction of sp³-hybridized carbons (Fsp3) is 0.867. The summed E-state index contributed by atoms with van der Waals surface area (Å²) in [5.41, 5.74) is -0.678. The normalized spacial score (nSPS) is 26.0. The summed E-state index contributed by atoms with van der Waals surface area (Å²) < 4.78 is 0. The Morgan fingerprint density at radius 3 is 1.88 bits per heavy atom. The second kappa shape index (κ2) is 5.54. The molecule has 92 valence electrons. The molecule has 0 aromatic carbocycles. The Bertz CT molecular complexity index is 304. The molecule has 0 spiro atoms. The van der Waals surface area contributed by atoms with Crippen molar-refractivity contribution < 1.29 is 0 Å². The largest absolute Gasteiger partial charge is 0.482 e. The van der Waals surface area contributed by atoms with Crippen LogP contribution in [0.2, 0.25) is 0 Å². The van der Waals surface area contributed by atoms with E-state index >= 15 is 0 Å². The van der Waals surface area contributed by atoms with Crippen molar-refractivity contribution in [1.29, 1.82) is 0 Å². The van der Waals surface area contributed by atoms with Crippen LogP contribution in [0.25, 0.3) is 9.69 Å². The van der Waals surface area contributed by atoms with E-state index in [0.29, 0.717) is 0 Å². The molecule has 0 saturated heterocycles. The molecule has 0 radical (unpaired) electrons. The third-order valence-corrected chi connectivity index (χ3v) is 4.71. The summed E-state index contributed by atoms with van der Waals surface area (Å²) >= 11 is 0. The minimum Gasteiger partial charge on any atom is -0.230 e. The first-order valence-electron chi connectivity index (χ1n) is 7.05. The van der Waals surface area contributed by atoms with Crippen LogP contribution >= 0.6 is 0 Å². The van der Waals surface area contributed by atoms with Gasteiger partial charge in [-0.3, -0.25) is 0 Å². The smallest absolute Gasteiger partial charge is 0.230 e. The van der Waals surface area contributed by atoms with Crippen LogP contribution in [0.1, 0.15) is 64.2 Å². The zero-order chi connectivity index (χ0) is 12.1. The van der Waals surface area contributed by atoms with Crippen molar-refractivity contribution in [2.24, 2.45) is 11.8 Å².